The zero-order valence-corrected chi connectivity index (χ0v) is 43.8. The van der Waals surface area contributed by atoms with Crippen LogP contribution in [0.1, 0.15) is 102 Å². The summed E-state index contributed by atoms with van der Waals surface area (Å²) < 4.78 is 46.0. The number of carbonyl (C=O) groups excluding carboxylic acids is 5. The number of amides is 4. The number of likely N-dealkylation sites (tertiary alicyclic amines) is 1. The van der Waals surface area contributed by atoms with Crippen LogP contribution in [0, 0.1) is 12.8 Å². The summed E-state index contributed by atoms with van der Waals surface area (Å²) in [5.74, 6) is -5.15. The summed E-state index contributed by atoms with van der Waals surface area (Å²) in [5, 5.41) is 14.2. The Labute approximate surface area is 442 Å². The number of benzene rings is 4. The molecule has 0 spiro atoms. The normalized spacial score (nSPS) is 16.6. The summed E-state index contributed by atoms with van der Waals surface area (Å²) in [7, 11) is 1.74. The lowest BCUT2D eigenvalue weighted by Gasteiger charge is -2.33. The van der Waals surface area contributed by atoms with Gasteiger partial charge in [0.1, 0.15) is 17.2 Å². The molecule has 2 saturated heterocycles. The summed E-state index contributed by atoms with van der Waals surface area (Å²) in [6.07, 6.45) is 1.78. The van der Waals surface area contributed by atoms with Crippen LogP contribution >= 0.6 is 11.3 Å². The number of para-hydroxylation sites is 2. The number of pyridine rings is 1. The molecule has 0 aliphatic carbocycles. The van der Waals surface area contributed by atoms with Gasteiger partial charge in [0.2, 0.25) is 17.7 Å². The van der Waals surface area contributed by atoms with E-state index in [9.17, 15) is 24.0 Å². The number of carbonyl (C=O) groups is 5. The van der Waals surface area contributed by atoms with Gasteiger partial charge in [-0.05, 0) is 137 Å². The van der Waals surface area contributed by atoms with Crippen molar-refractivity contribution >= 4 is 78.7 Å². The number of ether oxygens (including phenoxy) is 2. The number of rotatable bonds is 14. The molecule has 76 heavy (non-hydrogen) atoms. The second-order valence-corrected chi connectivity index (χ2v) is 21.9. The molecule has 2 fully saturated rings. The van der Waals surface area contributed by atoms with E-state index in [4.69, 9.17) is 14.5 Å². The Kier molecular flexibility index (Phi) is 14.4. The lowest BCUT2D eigenvalue weighted by Crippen LogP contribution is -2.41. The number of alkyl halides is 2. The molecule has 0 bridgehead atoms. The maximum atomic E-state index is 15.8. The topological polar surface area (TPSA) is 190 Å². The summed E-state index contributed by atoms with van der Waals surface area (Å²) in [6.45, 7) is 8.17. The number of hydrogen-bond acceptors (Lipinski definition) is 13. The van der Waals surface area contributed by atoms with E-state index in [1.165, 1.54) is 11.3 Å². The minimum Gasteiger partial charge on any atom is -0.487 e. The van der Waals surface area contributed by atoms with E-state index in [1.54, 1.807) is 81.9 Å². The molecule has 16 nitrogen and oxygen atoms in total. The number of halogens is 2. The molecular weight excluding hydrogens is 993 g/mol. The first kappa shape index (κ1) is 51.8. The lowest BCUT2D eigenvalue weighted by molar-refractivity contribution is -0.134. The number of nitrogens with zero attached hydrogens (tertiary/aromatic N) is 6. The number of esters is 1. The van der Waals surface area contributed by atoms with Crippen LogP contribution in [0.5, 0.6) is 5.75 Å². The average Bonchev–Trinajstić information content (AvgIpc) is 4.01. The fourth-order valence-corrected chi connectivity index (χ4v) is 11.4. The zero-order chi connectivity index (χ0) is 53.5. The Hall–Kier alpha value is -7.64. The van der Waals surface area contributed by atoms with Crippen LogP contribution in [0.25, 0.3) is 32.2 Å². The van der Waals surface area contributed by atoms with Crippen molar-refractivity contribution in [2.75, 3.05) is 48.3 Å². The maximum Gasteiger partial charge on any atom is 0.358 e. The van der Waals surface area contributed by atoms with Gasteiger partial charge in [0, 0.05) is 49.5 Å². The molecule has 7 aromatic rings. The summed E-state index contributed by atoms with van der Waals surface area (Å²) >= 11 is 1.41. The molecule has 394 valence electrons. The van der Waals surface area contributed by atoms with E-state index in [1.807, 2.05) is 58.3 Å². The average molecular weight is 1050 g/mol. The molecule has 3 N–H and O–H groups in total. The van der Waals surface area contributed by atoms with E-state index in [-0.39, 0.29) is 54.5 Å². The highest BCUT2D eigenvalue weighted by Gasteiger charge is 2.37. The van der Waals surface area contributed by atoms with Gasteiger partial charge < -0.3 is 19.7 Å². The number of fused-ring (bicyclic) bond motifs is 3. The fourth-order valence-electron chi connectivity index (χ4n) is 10.5. The minimum atomic E-state index is -3.16. The first-order valence-electron chi connectivity index (χ1n) is 25.6. The van der Waals surface area contributed by atoms with Crippen LogP contribution in [0.2, 0.25) is 0 Å². The van der Waals surface area contributed by atoms with Crippen molar-refractivity contribution in [2.45, 2.75) is 90.2 Å². The molecule has 4 aromatic carbocycles. The number of hydrogen-bond donors (Lipinski definition) is 3. The molecule has 10 rings (SSSR count). The number of aryl methyl sites for hydroxylation is 1. The van der Waals surface area contributed by atoms with Crippen molar-refractivity contribution < 1.29 is 42.2 Å². The van der Waals surface area contributed by atoms with Gasteiger partial charge in [-0.2, -0.15) is 5.10 Å². The van der Waals surface area contributed by atoms with Crippen molar-refractivity contribution in [3.63, 3.8) is 0 Å². The Morgan fingerprint density at radius 1 is 0.855 bits per heavy atom. The predicted molar refractivity (Wildman–Crippen MR) is 287 cm³/mol. The second-order valence-electron chi connectivity index (χ2n) is 20.9. The smallest absolute Gasteiger partial charge is 0.358 e. The SMILES string of the molecule is Cc1c(OCC(F)(F)CC2CCN(CC(=O)Nc3cccc4c(C5CCC(=O)NC5=O)nn(C)c34)CC2)cccc1-c1ccc(N2CCc3cccc(C(=O)Nc4nc5ccccc5s4)c3C2)nc1C(=O)OC(C)(C)C. The molecule has 3 aromatic heterocycles. The molecule has 1 atom stereocenters. The van der Waals surface area contributed by atoms with Crippen molar-refractivity contribution in [3.8, 4) is 16.9 Å². The summed E-state index contributed by atoms with van der Waals surface area (Å²) in [5.41, 5.74) is 5.74. The van der Waals surface area contributed by atoms with Crippen LogP contribution in [0.4, 0.5) is 25.4 Å². The summed E-state index contributed by atoms with van der Waals surface area (Å²) in [6, 6.07) is 27.5. The largest absolute Gasteiger partial charge is 0.487 e. The van der Waals surface area contributed by atoms with Gasteiger partial charge in [-0.25, -0.2) is 23.5 Å². The van der Waals surface area contributed by atoms with Gasteiger partial charge in [0.15, 0.2) is 17.4 Å². The third-order valence-corrected chi connectivity index (χ3v) is 15.2. The highest BCUT2D eigenvalue weighted by atomic mass is 32.1. The third-order valence-electron chi connectivity index (χ3n) is 14.2. The molecule has 1 unspecified atom stereocenters. The van der Waals surface area contributed by atoms with Crippen molar-refractivity contribution in [2.24, 2.45) is 13.0 Å². The third kappa shape index (κ3) is 11.3. The van der Waals surface area contributed by atoms with Crippen LogP contribution in [0.3, 0.4) is 0 Å². The van der Waals surface area contributed by atoms with Gasteiger partial charge in [-0.3, -0.25) is 39.4 Å². The van der Waals surface area contributed by atoms with E-state index in [0.717, 1.165) is 21.3 Å². The number of aromatic nitrogens is 4. The predicted octanol–water partition coefficient (Wildman–Crippen LogP) is 9.60. The molecule has 6 heterocycles. The number of anilines is 3. The molecule has 3 aliphatic heterocycles. The zero-order valence-electron chi connectivity index (χ0n) is 43.0. The van der Waals surface area contributed by atoms with Gasteiger partial charge >= 0.3 is 5.97 Å². The highest BCUT2D eigenvalue weighted by Crippen LogP contribution is 2.38. The quantitative estimate of drug-likeness (QED) is 0.0692. The minimum absolute atomic E-state index is 0.0564. The lowest BCUT2D eigenvalue weighted by atomic mass is 9.91. The van der Waals surface area contributed by atoms with Crippen LogP contribution in [-0.4, -0.2) is 98.6 Å². The van der Waals surface area contributed by atoms with E-state index >= 15 is 8.78 Å². The molecular formula is C57H59F2N9O7S. The van der Waals surface area contributed by atoms with E-state index < -0.39 is 35.9 Å². The van der Waals surface area contributed by atoms with Gasteiger partial charge in [0.25, 0.3) is 11.8 Å². The molecule has 19 heteroatoms. The second kappa shape index (κ2) is 21.2. The van der Waals surface area contributed by atoms with Crippen LogP contribution in [0.15, 0.2) is 91.0 Å². The standard InChI is InChI=1S/C57H59F2N9O7S/c1-33-36(37-19-21-46(62-50(37)54(73)75-56(2,3)4)68-28-25-35-11-8-13-38(41(35)30-68)52(71)64-55-61-42-15-6-7-18-45(42)76-55)12-10-17-44(33)74-32-57(58,59)29-34-23-26-67(27-24-34)31-48(70)60-43-16-9-14-39-49(65-66(5)51(39)43)40-20-22-47(69)63-53(40)72/h6-19,21,34,40H,20,22-32H2,1-5H3,(H,60,70)(H,61,64,71)(H,63,69,72). The molecule has 4 amide bonds. The maximum absolute atomic E-state index is 15.8. The van der Waals surface area contributed by atoms with Gasteiger partial charge in [0.05, 0.1) is 39.6 Å². The molecule has 0 radical (unpaired) electrons. The van der Waals surface area contributed by atoms with E-state index in [0.29, 0.717) is 107 Å². The molecule has 3 aliphatic rings. The number of nitrogens with one attached hydrogen (secondary N) is 3. The van der Waals surface area contributed by atoms with Crippen molar-refractivity contribution in [1.29, 1.82) is 0 Å². The highest BCUT2D eigenvalue weighted by molar-refractivity contribution is 7.22. The number of piperidine rings is 2. The van der Waals surface area contributed by atoms with Crippen molar-refractivity contribution in [3.05, 3.63) is 125 Å². The van der Waals surface area contributed by atoms with E-state index in [2.05, 4.69) is 26.0 Å². The Morgan fingerprint density at radius 2 is 1.63 bits per heavy atom. The van der Waals surface area contributed by atoms with Crippen LogP contribution < -0.4 is 25.6 Å². The first-order chi connectivity index (χ1) is 36.4. The summed E-state index contributed by atoms with van der Waals surface area (Å²) in [4.78, 5) is 79.1. The van der Waals surface area contributed by atoms with Crippen LogP contribution in [-0.2, 0) is 39.1 Å². The fraction of sp³-hybridized carbons (Fsp3) is 0.368. The van der Waals surface area contributed by atoms with Crippen molar-refractivity contribution in [1.82, 2.24) is 30.0 Å². The Balaban J connectivity index is 0.773. The Morgan fingerprint density at radius 3 is 2.41 bits per heavy atom. The van der Waals surface area contributed by atoms with Gasteiger partial charge in [-0.15, -0.1) is 0 Å². The van der Waals surface area contributed by atoms with Gasteiger partial charge in [-0.1, -0.05) is 59.9 Å². The number of thiazole rings is 1. The number of imide groups is 1. The first-order valence-corrected chi connectivity index (χ1v) is 26.4. The monoisotopic (exact) mass is 1050 g/mol. The Bertz CT molecular complexity index is 3380. The molecule has 0 saturated carbocycles.